The molecule has 4 nitrogen and oxygen atoms in total. The molecule has 0 atom stereocenters. The molecule has 2 aromatic heterocycles. The number of hydrogen-bond donors (Lipinski definition) is 2. The van der Waals surface area contributed by atoms with Gasteiger partial charge in [0.25, 0.3) is 0 Å². The Hall–Kier alpha value is -4.12. The SMILES string of the molecule is O=C1C(Cl)=C(c2ccc3[nH]c4ccccc4c3c2)C(=O)C(Cl)=C1c1ccc2[nH]c3ccccc3c2c1. The predicted octanol–water partition coefficient (Wildman–Crippen LogP) is 7.71. The minimum Gasteiger partial charge on any atom is -0.355 e. The Balaban J connectivity index is 1.37. The second kappa shape index (κ2) is 7.69. The largest absolute Gasteiger partial charge is 0.355 e. The summed E-state index contributed by atoms with van der Waals surface area (Å²) in [5.74, 6) is -0.927. The first-order valence-corrected chi connectivity index (χ1v) is 12.2. The maximum absolute atomic E-state index is 13.5. The summed E-state index contributed by atoms with van der Waals surface area (Å²) in [5.41, 5.74) is 5.19. The van der Waals surface area contributed by atoms with E-state index in [0.29, 0.717) is 11.1 Å². The summed E-state index contributed by atoms with van der Waals surface area (Å²) in [4.78, 5) is 33.8. The van der Waals surface area contributed by atoms with Crippen molar-refractivity contribution in [1.29, 1.82) is 0 Å². The van der Waals surface area contributed by atoms with Crippen LogP contribution < -0.4 is 0 Å². The van der Waals surface area contributed by atoms with Crippen molar-refractivity contribution in [3.8, 4) is 0 Å². The van der Waals surface area contributed by atoms with Crippen LogP contribution in [0.2, 0.25) is 0 Å². The number of allylic oxidation sites excluding steroid dienone is 4. The molecule has 6 heteroatoms. The molecule has 6 aromatic rings. The van der Waals surface area contributed by atoms with Crippen LogP contribution in [0.1, 0.15) is 11.1 Å². The normalized spacial score (nSPS) is 14.8. The molecule has 2 N–H and O–H groups in total. The number of para-hydroxylation sites is 2. The molecule has 0 fully saturated rings. The van der Waals surface area contributed by atoms with E-state index in [4.69, 9.17) is 23.2 Å². The van der Waals surface area contributed by atoms with Crippen molar-refractivity contribution in [3.63, 3.8) is 0 Å². The van der Waals surface area contributed by atoms with E-state index in [2.05, 4.69) is 9.97 Å². The zero-order valence-corrected chi connectivity index (χ0v) is 20.2. The molecule has 0 spiro atoms. The average molecular weight is 507 g/mol. The van der Waals surface area contributed by atoms with Crippen molar-refractivity contribution in [2.75, 3.05) is 0 Å². The third kappa shape index (κ3) is 2.95. The second-order valence-electron chi connectivity index (χ2n) is 8.90. The molecule has 0 radical (unpaired) electrons. The lowest BCUT2D eigenvalue weighted by Gasteiger charge is -2.19. The van der Waals surface area contributed by atoms with Gasteiger partial charge in [-0.3, -0.25) is 9.59 Å². The highest BCUT2D eigenvalue weighted by molar-refractivity contribution is 6.68. The number of benzene rings is 4. The van der Waals surface area contributed by atoms with E-state index >= 15 is 0 Å². The van der Waals surface area contributed by atoms with Crippen LogP contribution in [0.15, 0.2) is 95.0 Å². The van der Waals surface area contributed by atoms with Crippen LogP contribution >= 0.6 is 23.2 Å². The first kappa shape index (κ1) is 21.2. The first-order chi connectivity index (χ1) is 17.5. The monoisotopic (exact) mass is 506 g/mol. The summed E-state index contributed by atoms with van der Waals surface area (Å²) in [7, 11) is 0. The number of rotatable bonds is 2. The molecule has 0 unspecified atom stereocenters. The Labute approximate surface area is 214 Å². The maximum atomic E-state index is 13.5. The summed E-state index contributed by atoms with van der Waals surface area (Å²) in [6, 6.07) is 26.9. The van der Waals surface area contributed by atoms with Gasteiger partial charge in [0.05, 0.1) is 11.1 Å². The van der Waals surface area contributed by atoms with E-state index in [1.165, 1.54) is 0 Å². The summed E-state index contributed by atoms with van der Waals surface area (Å²) < 4.78 is 0. The average Bonchev–Trinajstić information content (AvgIpc) is 3.46. The molecular weight excluding hydrogens is 491 g/mol. The number of aromatic amines is 2. The highest BCUT2D eigenvalue weighted by Crippen LogP contribution is 2.41. The Bertz CT molecular complexity index is 1860. The minimum atomic E-state index is -0.463. The zero-order valence-electron chi connectivity index (χ0n) is 18.7. The van der Waals surface area contributed by atoms with Gasteiger partial charge in [0.15, 0.2) is 0 Å². The molecule has 36 heavy (non-hydrogen) atoms. The summed E-state index contributed by atoms with van der Waals surface area (Å²) in [5, 5.41) is 3.67. The number of halogens is 2. The van der Waals surface area contributed by atoms with Crippen molar-refractivity contribution in [2.45, 2.75) is 0 Å². The highest BCUT2D eigenvalue weighted by Gasteiger charge is 2.35. The molecular formula is C30H16Cl2N2O2. The van der Waals surface area contributed by atoms with Crippen LogP contribution in [0.25, 0.3) is 54.8 Å². The number of hydrogen-bond acceptors (Lipinski definition) is 2. The van der Waals surface area contributed by atoms with Crippen LogP contribution in [0.5, 0.6) is 0 Å². The number of aromatic nitrogens is 2. The van der Waals surface area contributed by atoms with Crippen LogP contribution in [0.3, 0.4) is 0 Å². The van der Waals surface area contributed by atoms with Crippen molar-refractivity contribution in [2.24, 2.45) is 0 Å². The smallest absolute Gasteiger partial charge is 0.207 e. The van der Waals surface area contributed by atoms with Gasteiger partial charge in [-0.15, -0.1) is 0 Å². The predicted molar refractivity (Wildman–Crippen MR) is 147 cm³/mol. The molecule has 1 aliphatic rings. The number of carbonyl (C=O) groups is 2. The van der Waals surface area contributed by atoms with Gasteiger partial charge in [-0.25, -0.2) is 0 Å². The minimum absolute atomic E-state index is 0.121. The number of fused-ring (bicyclic) bond motifs is 6. The fourth-order valence-electron chi connectivity index (χ4n) is 5.17. The number of Topliss-reactive ketones (excluding diaryl/α,β-unsaturated/α-hetero) is 2. The van der Waals surface area contributed by atoms with Crippen molar-refractivity contribution < 1.29 is 9.59 Å². The van der Waals surface area contributed by atoms with E-state index in [1.807, 2.05) is 72.8 Å². The quantitative estimate of drug-likeness (QED) is 0.236. The van der Waals surface area contributed by atoms with Crippen LogP contribution in [-0.4, -0.2) is 21.5 Å². The summed E-state index contributed by atoms with van der Waals surface area (Å²) >= 11 is 13.2. The molecule has 4 aromatic carbocycles. The molecule has 0 aliphatic heterocycles. The number of nitrogens with one attached hydrogen (secondary N) is 2. The Morgan fingerprint density at radius 2 is 0.861 bits per heavy atom. The van der Waals surface area contributed by atoms with Crippen molar-refractivity contribution in [3.05, 3.63) is 106 Å². The van der Waals surface area contributed by atoms with E-state index in [1.54, 1.807) is 12.1 Å². The third-order valence-corrected chi connectivity index (χ3v) is 7.60. The second-order valence-corrected chi connectivity index (χ2v) is 9.65. The molecule has 0 saturated carbocycles. The van der Waals surface area contributed by atoms with E-state index in [9.17, 15) is 9.59 Å². The van der Waals surface area contributed by atoms with Crippen molar-refractivity contribution in [1.82, 2.24) is 9.97 Å². The Morgan fingerprint density at radius 1 is 0.472 bits per heavy atom. The lowest BCUT2D eigenvalue weighted by Crippen LogP contribution is -2.18. The summed E-state index contributed by atoms with van der Waals surface area (Å²) in [6.45, 7) is 0. The van der Waals surface area contributed by atoms with Gasteiger partial charge in [-0.05, 0) is 47.5 Å². The fraction of sp³-hybridized carbons (Fsp3) is 0. The van der Waals surface area contributed by atoms with Crippen LogP contribution in [-0.2, 0) is 9.59 Å². The number of ketones is 2. The first-order valence-electron chi connectivity index (χ1n) is 11.4. The summed E-state index contributed by atoms with van der Waals surface area (Å²) in [6.07, 6.45) is 0. The van der Waals surface area contributed by atoms with Gasteiger partial charge in [0.1, 0.15) is 10.1 Å². The standard InChI is InChI=1S/C30H16Cl2N2O2/c31-27-25(15-9-11-23-19(13-15)17-5-1-3-7-21(17)33-23)29(35)28(32)26(30(27)36)16-10-12-24-20(14-16)18-6-2-4-8-22(18)34-24/h1-14,33-34H. The fourth-order valence-corrected chi connectivity index (χ4v) is 5.75. The lowest BCUT2D eigenvalue weighted by molar-refractivity contribution is -0.113. The molecule has 1 aliphatic carbocycles. The molecule has 0 saturated heterocycles. The Kier molecular flexibility index (Phi) is 4.53. The molecule has 2 heterocycles. The van der Waals surface area contributed by atoms with Gasteiger partial charge in [0.2, 0.25) is 11.6 Å². The zero-order chi connectivity index (χ0) is 24.6. The Morgan fingerprint density at radius 3 is 1.31 bits per heavy atom. The van der Waals surface area contributed by atoms with E-state index in [-0.39, 0.29) is 21.2 Å². The van der Waals surface area contributed by atoms with Gasteiger partial charge in [0, 0.05) is 43.6 Å². The van der Waals surface area contributed by atoms with Gasteiger partial charge in [-0.2, -0.15) is 0 Å². The van der Waals surface area contributed by atoms with E-state index in [0.717, 1.165) is 43.6 Å². The number of H-pyrrole nitrogens is 2. The van der Waals surface area contributed by atoms with Gasteiger partial charge >= 0.3 is 0 Å². The van der Waals surface area contributed by atoms with Crippen LogP contribution in [0.4, 0.5) is 0 Å². The van der Waals surface area contributed by atoms with Crippen LogP contribution in [0, 0.1) is 0 Å². The maximum Gasteiger partial charge on any atom is 0.207 e. The van der Waals surface area contributed by atoms with Gasteiger partial charge in [-0.1, -0.05) is 71.7 Å². The van der Waals surface area contributed by atoms with E-state index < -0.39 is 11.6 Å². The molecule has 0 bridgehead atoms. The molecule has 7 rings (SSSR count). The molecule has 0 amide bonds. The lowest BCUT2D eigenvalue weighted by atomic mass is 9.87. The third-order valence-electron chi connectivity index (χ3n) is 6.88. The number of carbonyl (C=O) groups excluding carboxylic acids is 2. The molecule has 172 valence electrons. The topological polar surface area (TPSA) is 65.7 Å². The highest BCUT2D eigenvalue weighted by atomic mass is 35.5. The van der Waals surface area contributed by atoms with Gasteiger partial charge < -0.3 is 9.97 Å². The van der Waals surface area contributed by atoms with Crippen molar-refractivity contribution >= 4 is 89.5 Å².